The SMILES string of the molecule is C[CH-]CCN(C)C(C)CCNC.[Y]. The summed E-state index contributed by atoms with van der Waals surface area (Å²) in [7, 11) is 4.20. The number of nitrogens with one attached hydrogen (secondary N) is 1. The van der Waals surface area contributed by atoms with Gasteiger partial charge in [-0.25, -0.2) is 0 Å². The second-order valence-electron chi connectivity index (χ2n) is 3.42. The molecule has 77 valence electrons. The van der Waals surface area contributed by atoms with E-state index in [2.05, 4.69) is 37.5 Å². The van der Waals surface area contributed by atoms with Gasteiger partial charge in [-0.1, -0.05) is 0 Å². The maximum Gasteiger partial charge on any atom is 0.00749 e. The van der Waals surface area contributed by atoms with E-state index >= 15 is 0 Å². The van der Waals surface area contributed by atoms with Gasteiger partial charge in [0.15, 0.2) is 0 Å². The Morgan fingerprint density at radius 1 is 1.46 bits per heavy atom. The molecule has 3 heteroatoms. The predicted octanol–water partition coefficient (Wildman–Crippen LogP) is 1.53. The largest absolute Gasteiger partial charge is 0.330 e. The number of rotatable bonds is 7. The minimum Gasteiger partial charge on any atom is -0.330 e. The van der Waals surface area contributed by atoms with Crippen molar-refractivity contribution in [1.82, 2.24) is 10.2 Å². The van der Waals surface area contributed by atoms with Crippen molar-refractivity contribution in [3.05, 3.63) is 6.42 Å². The van der Waals surface area contributed by atoms with Crippen LogP contribution in [0.4, 0.5) is 0 Å². The van der Waals surface area contributed by atoms with Gasteiger partial charge in [-0.15, -0.1) is 0 Å². The van der Waals surface area contributed by atoms with E-state index in [-0.39, 0.29) is 32.7 Å². The Morgan fingerprint density at radius 2 is 2.08 bits per heavy atom. The van der Waals surface area contributed by atoms with Gasteiger partial charge in [0.1, 0.15) is 0 Å². The van der Waals surface area contributed by atoms with Crippen molar-refractivity contribution in [1.29, 1.82) is 0 Å². The molecule has 0 fully saturated rings. The first kappa shape index (κ1) is 16.5. The molecule has 1 N–H and O–H groups in total. The minimum absolute atomic E-state index is 0. The molecule has 0 aromatic carbocycles. The Labute approximate surface area is 109 Å². The van der Waals surface area contributed by atoms with Crippen LogP contribution in [0, 0.1) is 6.42 Å². The molecule has 0 aromatic heterocycles. The summed E-state index contributed by atoms with van der Waals surface area (Å²) < 4.78 is 0. The van der Waals surface area contributed by atoms with E-state index in [9.17, 15) is 0 Å². The molecule has 2 nitrogen and oxygen atoms in total. The maximum atomic E-state index is 3.18. The Morgan fingerprint density at radius 3 is 2.54 bits per heavy atom. The zero-order valence-corrected chi connectivity index (χ0v) is 12.3. The van der Waals surface area contributed by atoms with Crippen molar-refractivity contribution >= 4 is 0 Å². The quantitative estimate of drug-likeness (QED) is 0.698. The summed E-state index contributed by atoms with van der Waals surface area (Å²) in [5.74, 6) is 0. The molecular formula is C10H23N2Y-. The fourth-order valence-electron chi connectivity index (χ4n) is 1.13. The third-order valence-electron chi connectivity index (χ3n) is 2.34. The third-order valence-corrected chi connectivity index (χ3v) is 2.34. The Kier molecular flexibility index (Phi) is 14.0. The molecule has 0 aromatic rings. The van der Waals surface area contributed by atoms with Crippen molar-refractivity contribution in [3.63, 3.8) is 0 Å². The number of nitrogens with zero attached hydrogens (tertiary/aromatic N) is 1. The van der Waals surface area contributed by atoms with Crippen LogP contribution in [0.3, 0.4) is 0 Å². The maximum absolute atomic E-state index is 3.18. The van der Waals surface area contributed by atoms with Crippen LogP contribution in [0.1, 0.15) is 26.7 Å². The van der Waals surface area contributed by atoms with Gasteiger partial charge in [0.05, 0.1) is 0 Å². The minimum atomic E-state index is 0. The molecular weight excluding hydrogens is 237 g/mol. The summed E-state index contributed by atoms with van der Waals surface area (Å²) in [6.07, 6.45) is 4.65. The molecule has 0 saturated carbocycles. The second-order valence-corrected chi connectivity index (χ2v) is 3.42. The summed E-state index contributed by atoms with van der Waals surface area (Å²) >= 11 is 0. The number of hydrogen-bond donors (Lipinski definition) is 1. The van der Waals surface area contributed by atoms with E-state index in [4.69, 9.17) is 0 Å². The smallest absolute Gasteiger partial charge is 0.00749 e. The molecule has 1 radical (unpaired) electrons. The number of unbranched alkanes of at least 4 members (excludes halogenated alkanes) is 1. The van der Waals surface area contributed by atoms with E-state index < -0.39 is 0 Å². The molecule has 13 heavy (non-hydrogen) atoms. The first-order valence-electron chi connectivity index (χ1n) is 4.85. The van der Waals surface area contributed by atoms with Crippen molar-refractivity contribution in [3.8, 4) is 0 Å². The summed E-state index contributed by atoms with van der Waals surface area (Å²) in [6, 6.07) is 0.692. The molecule has 0 heterocycles. The summed E-state index contributed by atoms with van der Waals surface area (Å²) in [4.78, 5) is 2.41. The van der Waals surface area contributed by atoms with Gasteiger partial charge in [0, 0.05) is 38.8 Å². The fraction of sp³-hybridized carbons (Fsp3) is 0.900. The van der Waals surface area contributed by atoms with Crippen molar-refractivity contribution in [2.75, 3.05) is 27.2 Å². The Bertz CT molecular complexity index is 86.9. The zero-order chi connectivity index (χ0) is 9.40. The monoisotopic (exact) mass is 260 g/mol. The average molecular weight is 260 g/mol. The van der Waals surface area contributed by atoms with Crippen molar-refractivity contribution < 1.29 is 32.7 Å². The van der Waals surface area contributed by atoms with Gasteiger partial charge >= 0.3 is 0 Å². The van der Waals surface area contributed by atoms with Gasteiger partial charge < -0.3 is 16.6 Å². The van der Waals surface area contributed by atoms with E-state index in [0.717, 1.165) is 6.54 Å². The van der Waals surface area contributed by atoms with Crippen LogP contribution in [-0.4, -0.2) is 38.1 Å². The molecule has 1 atom stereocenters. The van der Waals surface area contributed by atoms with E-state index in [0.29, 0.717) is 6.04 Å². The zero-order valence-electron chi connectivity index (χ0n) is 9.51. The third kappa shape index (κ3) is 9.33. The van der Waals surface area contributed by atoms with E-state index in [1.54, 1.807) is 0 Å². The topological polar surface area (TPSA) is 15.3 Å². The Balaban J connectivity index is 0. The van der Waals surface area contributed by atoms with Gasteiger partial charge in [-0.05, 0) is 40.5 Å². The molecule has 0 bridgehead atoms. The summed E-state index contributed by atoms with van der Waals surface area (Å²) in [5, 5.41) is 3.18. The van der Waals surface area contributed by atoms with Gasteiger partial charge in [-0.3, -0.25) is 0 Å². The molecule has 1 unspecified atom stereocenters. The normalized spacial score (nSPS) is 12.7. The predicted molar refractivity (Wildman–Crippen MR) is 55.2 cm³/mol. The first-order valence-corrected chi connectivity index (χ1v) is 4.85. The van der Waals surface area contributed by atoms with Gasteiger partial charge in [0.25, 0.3) is 0 Å². The standard InChI is InChI=1S/C10H23N2.Y/c1-5-6-9-12(4)10(2)7-8-11-3;/h5,10-11H,6-9H2,1-4H3;/q-1;. The van der Waals surface area contributed by atoms with Gasteiger partial charge in [0.2, 0.25) is 0 Å². The molecule has 0 saturated heterocycles. The molecule has 0 amide bonds. The molecule has 0 aliphatic carbocycles. The van der Waals surface area contributed by atoms with Crippen molar-refractivity contribution in [2.45, 2.75) is 32.7 Å². The number of hydrogen-bond acceptors (Lipinski definition) is 2. The van der Waals surface area contributed by atoms with Gasteiger partial charge in [-0.2, -0.15) is 13.3 Å². The second kappa shape index (κ2) is 11.1. The van der Waals surface area contributed by atoms with Crippen LogP contribution in [0.25, 0.3) is 0 Å². The molecule has 0 spiro atoms. The van der Waals surface area contributed by atoms with Crippen LogP contribution in [-0.2, 0) is 32.7 Å². The van der Waals surface area contributed by atoms with Crippen LogP contribution in [0.15, 0.2) is 0 Å². The summed E-state index contributed by atoms with van der Waals surface area (Å²) in [6.45, 7) is 6.70. The van der Waals surface area contributed by atoms with Crippen molar-refractivity contribution in [2.24, 2.45) is 0 Å². The molecule has 0 aliphatic rings. The van der Waals surface area contributed by atoms with E-state index in [1.807, 2.05) is 7.05 Å². The molecule has 0 rings (SSSR count). The average Bonchev–Trinajstić information content (AvgIpc) is 2.10. The van der Waals surface area contributed by atoms with Crippen LogP contribution >= 0.6 is 0 Å². The van der Waals surface area contributed by atoms with Crippen LogP contribution in [0.5, 0.6) is 0 Å². The van der Waals surface area contributed by atoms with Crippen LogP contribution < -0.4 is 5.32 Å². The first-order chi connectivity index (χ1) is 5.72. The fourth-order valence-corrected chi connectivity index (χ4v) is 1.13. The molecule has 0 aliphatic heterocycles. The van der Waals surface area contributed by atoms with E-state index in [1.165, 1.54) is 19.4 Å². The summed E-state index contributed by atoms with van der Waals surface area (Å²) in [5.41, 5.74) is 0. The van der Waals surface area contributed by atoms with Crippen LogP contribution in [0.2, 0.25) is 0 Å². The Hall–Kier alpha value is 1.02.